The maximum Gasteiger partial charge on any atom is 0.303 e. The van der Waals surface area contributed by atoms with Crippen LogP contribution in [-0.2, 0) is 11.2 Å². The van der Waals surface area contributed by atoms with Gasteiger partial charge in [0.05, 0.1) is 11.8 Å². The first-order chi connectivity index (χ1) is 7.75. The molecule has 0 aliphatic heterocycles. The summed E-state index contributed by atoms with van der Waals surface area (Å²) in [4.78, 5) is 10.3. The Kier molecular flexibility index (Phi) is 2.95. The van der Waals surface area contributed by atoms with Gasteiger partial charge in [-0.3, -0.25) is 9.89 Å². The van der Waals surface area contributed by atoms with Crippen molar-refractivity contribution >= 4 is 5.97 Å². The molecule has 0 bridgehead atoms. The molecule has 0 saturated heterocycles. The molecule has 0 unspecified atom stereocenters. The topological polar surface area (TPSA) is 105 Å². The molecule has 2 rings (SSSR count). The van der Waals surface area contributed by atoms with E-state index in [1.54, 1.807) is 12.4 Å². The third-order valence-corrected chi connectivity index (χ3v) is 1.99. The van der Waals surface area contributed by atoms with Crippen LogP contribution in [0.4, 0.5) is 0 Å². The Balaban J connectivity index is 1.95. The number of hydrogen-bond donors (Lipinski definition) is 2. The number of rotatable bonds is 5. The minimum Gasteiger partial charge on any atom is -0.481 e. The van der Waals surface area contributed by atoms with Gasteiger partial charge in [0.15, 0.2) is 0 Å². The number of carboxylic acids is 1. The molecule has 0 amide bonds. The third kappa shape index (κ3) is 2.44. The number of H-pyrrole nitrogens is 1. The summed E-state index contributed by atoms with van der Waals surface area (Å²) in [5.41, 5.74) is 0.719. The van der Waals surface area contributed by atoms with E-state index in [1.807, 2.05) is 0 Å². The Morgan fingerprint density at radius 2 is 2.38 bits per heavy atom. The minimum absolute atomic E-state index is 0.101. The summed E-state index contributed by atoms with van der Waals surface area (Å²) in [6, 6.07) is 0. The molecule has 2 aromatic heterocycles. The van der Waals surface area contributed by atoms with Gasteiger partial charge in [-0.15, -0.1) is 10.2 Å². The Morgan fingerprint density at radius 1 is 1.50 bits per heavy atom. The molecule has 0 atom stereocenters. The van der Waals surface area contributed by atoms with E-state index in [9.17, 15) is 4.79 Å². The number of nitrogens with zero attached hydrogens (tertiary/aromatic N) is 3. The van der Waals surface area contributed by atoms with Crippen molar-refractivity contribution in [1.82, 2.24) is 20.4 Å². The summed E-state index contributed by atoms with van der Waals surface area (Å²) in [5, 5.41) is 22.5. The molecular formula is C9H10N4O3. The standard InChI is InChI=1S/C9H10N4O3/c14-8(15)3-1-2-7-12-13-9(16-7)6-4-10-11-5-6/h4-5H,1-3H2,(H,10,11)(H,14,15). The van der Waals surface area contributed by atoms with Crippen LogP contribution >= 0.6 is 0 Å². The lowest BCUT2D eigenvalue weighted by molar-refractivity contribution is -0.137. The van der Waals surface area contributed by atoms with Crippen LogP contribution in [-0.4, -0.2) is 31.5 Å². The van der Waals surface area contributed by atoms with Crippen molar-refractivity contribution in [2.24, 2.45) is 0 Å². The Morgan fingerprint density at radius 3 is 3.06 bits per heavy atom. The molecular weight excluding hydrogens is 212 g/mol. The van der Waals surface area contributed by atoms with Gasteiger partial charge in [0.2, 0.25) is 5.89 Å². The van der Waals surface area contributed by atoms with Gasteiger partial charge in [0.25, 0.3) is 5.89 Å². The lowest BCUT2D eigenvalue weighted by Gasteiger charge is -1.91. The zero-order valence-electron chi connectivity index (χ0n) is 8.38. The molecule has 0 saturated carbocycles. The normalized spacial score (nSPS) is 10.5. The fraction of sp³-hybridized carbons (Fsp3) is 0.333. The molecule has 84 valence electrons. The van der Waals surface area contributed by atoms with Crippen molar-refractivity contribution in [2.45, 2.75) is 19.3 Å². The largest absolute Gasteiger partial charge is 0.481 e. The fourth-order valence-corrected chi connectivity index (χ4v) is 1.23. The van der Waals surface area contributed by atoms with E-state index in [1.165, 1.54) is 0 Å². The molecule has 2 aromatic rings. The molecule has 2 N–H and O–H groups in total. The first-order valence-corrected chi connectivity index (χ1v) is 4.79. The van der Waals surface area contributed by atoms with E-state index >= 15 is 0 Å². The second-order valence-corrected chi connectivity index (χ2v) is 3.24. The van der Waals surface area contributed by atoms with Crippen LogP contribution < -0.4 is 0 Å². The van der Waals surface area contributed by atoms with Gasteiger partial charge >= 0.3 is 5.97 Å². The first-order valence-electron chi connectivity index (χ1n) is 4.79. The lowest BCUT2D eigenvalue weighted by Crippen LogP contribution is -1.95. The molecule has 0 aliphatic carbocycles. The molecule has 7 heteroatoms. The van der Waals surface area contributed by atoms with Gasteiger partial charge in [0.1, 0.15) is 0 Å². The average molecular weight is 222 g/mol. The van der Waals surface area contributed by atoms with Crippen LogP contribution in [0, 0.1) is 0 Å². The number of aromatic nitrogens is 4. The molecule has 0 fully saturated rings. The van der Waals surface area contributed by atoms with Gasteiger partial charge < -0.3 is 9.52 Å². The van der Waals surface area contributed by atoms with Crippen molar-refractivity contribution in [3.63, 3.8) is 0 Å². The van der Waals surface area contributed by atoms with E-state index in [-0.39, 0.29) is 6.42 Å². The summed E-state index contributed by atoms with van der Waals surface area (Å²) < 4.78 is 5.33. The molecule has 0 aromatic carbocycles. The second kappa shape index (κ2) is 4.56. The number of hydrogen-bond acceptors (Lipinski definition) is 5. The predicted octanol–water partition coefficient (Wildman–Crippen LogP) is 0.867. The summed E-state index contributed by atoms with van der Waals surface area (Å²) in [6.45, 7) is 0. The van der Waals surface area contributed by atoms with E-state index in [0.29, 0.717) is 24.6 Å². The van der Waals surface area contributed by atoms with E-state index in [2.05, 4.69) is 20.4 Å². The predicted molar refractivity (Wildman–Crippen MR) is 52.5 cm³/mol. The van der Waals surface area contributed by atoms with Crippen molar-refractivity contribution in [2.75, 3.05) is 0 Å². The highest BCUT2D eigenvalue weighted by atomic mass is 16.4. The molecule has 16 heavy (non-hydrogen) atoms. The van der Waals surface area contributed by atoms with Crippen molar-refractivity contribution < 1.29 is 14.3 Å². The highest BCUT2D eigenvalue weighted by Gasteiger charge is 2.09. The smallest absolute Gasteiger partial charge is 0.303 e. The van der Waals surface area contributed by atoms with Crippen LogP contribution in [0.3, 0.4) is 0 Å². The number of aliphatic carboxylic acids is 1. The monoisotopic (exact) mass is 222 g/mol. The Labute approximate surface area is 90.5 Å². The van der Waals surface area contributed by atoms with Gasteiger partial charge in [-0.05, 0) is 6.42 Å². The van der Waals surface area contributed by atoms with Crippen LogP contribution in [0.15, 0.2) is 16.8 Å². The fourth-order valence-electron chi connectivity index (χ4n) is 1.23. The van der Waals surface area contributed by atoms with Gasteiger partial charge in [-0.2, -0.15) is 5.10 Å². The molecule has 2 heterocycles. The molecule has 0 spiro atoms. The van der Waals surface area contributed by atoms with Crippen molar-refractivity contribution in [3.8, 4) is 11.5 Å². The van der Waals surface area contributed by atoms with E-state index < -0.39 is 5.97 Å². The zero-order chi connectivity index (χ0) is 11.4. The average Bonchev–Trinajstić information content (AvgIpc) is 2.85. The second-order valence-electron chi connectivity index (χ2n) is 3.24. The highest BCUT2D eigenvalue weighted by Crippen LogP contribution is 2.16. The quantitative estimate of drug-likeness (QED) is 0.777. The van der Waals surface area contributed by atoms with Crippen molar-refractivity contribution in [3.05, 3.63) is 18.3 Å². The first kappa shape index (κ1) is 10.3. The van der Waals surface area contributed by atoms with Crippen LogP contribution in [0.25, 0.3) is 11.5 Å². The van der Waals surface area contributed by atoms with Crippen molar-refractivity contribution in [1.29, 1.82) is 0 Å². The van der Waals surface area contributed by atoms with Crippen LogP contribution in [0.2, 0.25) is 0 Å². The maximum atomic E-state index is 10.3. The van der Waals surface area contributed by atoms with E-state index in [0.717, 1.165) is 5.56 Å². The minimum atomic E-state index is -0.824. The summed E-state index contributed by atoms with van der Waals surface area (Å²) >= 11 is 0. The summed E-state index contributed by atoms with van der Waals surface area (Å²) in [6.07, 6.45) is 4.28. The van der Waals surface area contributed by atoms with Gasteiger partial charge in [0, 0.05) is 19.0 Å². The van der Waals surface area contributed by atoms with Crippen LogP contribution in [0.1, 0.15) is 18.7 Å². The summed E-state index contributed by atoms with van der Waals surface area (Å²) in [7, 11) is 0. The number of aryl methyl sites for hydroxylation is 1. The number of carbonyl (C=O) groups is 1. The lowest BCUT2D eigenvalue weighted by atomic mass is 10.2. The van der Waals surface area contributed by atoms with Gasteiger partial charge in [-0.1, -0.05) is 0 Å². The summed E-state index contributed by atoms with van der Waals surface area (Å²) in [5.74, 6) is 0.00565. The zero-order valence-corrected chi connectivity index (χ0v) is 8.38. The molecule has 7 nitrogen and oxygen atoms in total. The number of aromatic amines is 1. The molecule has 0 aliphatic rings. The Bertz CT molecular complexity index is 463. The maximum absolute atomic E-state index is 10.3. The SMILES string of the molecule is O=C(O)CCCc1nnc(-c2cn[nH]c2)o1. The third-order valence-electron chi connectivity index (χ3n) is 1.99. The Hall–Kier alpha value is -2.18. The van der Waals surface area contributed by atoms with Gasteiger partial charge in [-0.25, -0.2) is 0 Å². The molecule has 0 radical (unpaired) electrons. The van der Waals surface area contributed by atoms with Crippen LogP contribution in [0.5, 0.6) is 0 Å². The van der Waals surface area contributed by atoms with E-state index in [4.69, 9.17) is 9.52 Å². The number of carboxylic acid groups (broad SMARTS) is 1. The number of nitrogens with one attached hydrogen (secondary N) is 1. The highest BCUT2D eigenvalue weighted by molar-refractivity contribution is 5.66.